The summed E-state index contributed by atoms with van der Waals surface area (Å²) in [4.78, 5) is 20.7. The number of rotatable bonds is 3. The van der Waals surface area contributed by atoms with E-state index in [9.17, 15) is 9.18 Å². The van der Waals surface area contributed by atoms with E-state index in [1.807, 2.05) is 12.3 Å². The highest BCUT2D eigenvalue weighted by atomic mass is 35.5. The number of aryl methyl sites for hydroxylation is 1. The average molecular weight is 404 g/mol. The number of hydrogen-bond donors (Lipinski definition) is 1. The van der Waals surface area contributed by atoms with Crippen LogP contribution in [0.2, 0.25) is 5.02 Å². The summed E-state index contributed by atoms with van der Waals surface area (Å²) < 4.78 is 14.5. The van der Waals surface area contributed by atoms with Gasteiger partial charge in [0, 0.05) is 45.9 Å². The summed E-state index contributed by atoms with van der Waals surface area (Å²) >= 11 is 7.55. The molecule has 7 heteroatoms. The normalized spacial score (nSPS) is 15.3. The lowest BCUT2D eigenvalue weighted by molar-refractivity contribution is -0.120. The summed E-state index contributed by atoms with van der Waals surface area (Å²) in [6, 6.07) is 8.45. The van der Waals surface area contributed by atoms with Crippen LogP contribution in [0.25, 0.3) is 10.1 Å². The van der Waals surface area contributed by atoms with Gasteiger partial charge < -0.3 is 10.2 Å². The van der Waals surface area contributed by atoms with Crippen LogP contribution < -0.4 is 10.2 Å². The number of aromatic nitrogens is 1. The van der Waals surface area contributed by atoms with E-state index in [1.165, 1.54) is 33.2 Å². The molecule has 27 heavy (non-hydrogen) atoms. The van der Waals surface area contributed by atoms with Gasteiger partial charge in [0.15, 0.2) is 0 Å². The number of hydrogen-bond acceptors (Lipinski definition) is 4. The monoisotopic (exact) mass is 403 g/mol. The molecule has 2 aromatic heterocycles. The Hall–Kier alpha value is -2.18. The highest BCUT2D eigenvalue weighted by molar-refractivity contribution is 7.19. The van der Waals surface area contributed by atoms with Gasteiger partial charge in [0.05, 0.1) is 5.02 Å². The number of nitrogens with zero attached hydrogens (tertiary/aromatic N) is 2. The predicted molar refractivity (Wildman–Crippen MR) is 109 cm³/mol. The van der Waals surface area contributed by atoms with Crippen LogP contribution in [0.15, 0.2) is 36.5 Å². The molecule has 3 heterocycles. The third-order valence-corrected chi connectivity index (χ3v) is 6.21. The van der Waals surface area contributed by atoms with E-state index in [4.69, 9.17) is 11.6 Å². The largest absolute Gasteiger partial charge is 0.356 e. The Morgan fingerprint density at radius 2 is 2.07 bits per heavy atom. The molecule has 0 unspecified atom stereocenters. The highest BCUT2D eigenvalue weighted by Gasteiger charge is 2.26. The second-order valence-corrected chi connectivity index (χ2v) is 8.48. The molecule has 4 nitrogen and oxygen atoms in total. The van der Waals surface area contributed by atoms with E-state index in [0.29, 0.717) is 5.69 Å². The molecule has 1 aromatic carbocycles. The minimum absolute atomic E-state index is 0.00726. The zero-order valence-corrected chi connectivity index (χ0v) is 16.4. The number of carbonyl (C=O) groups excluding carboxylic acids is 1. The van der Waals surface area contributed by atoms with E-state index in [0.717, 1.165) is 31.7 Å². The zero-order valence-electron chi connectivity index (χ0n) is 14.8. The van der Waals surface area contributed by atoms with Crippen LogP contribution in [0.4, 0.5) is 15.9 Å². The van der Waals surface area contributed by atoms with Gasteiger partial charge in [-0.2, -0.15) is 0 Å². The third kappa shape index (κ3) is 3.77. The first-order chi connectivity index (χ1) is 13.0. The SMILES string of the molecule is Cc1cc2c(N3CCC(C(=O)Nc4ccc(F)c(Cl)c4)CC3)nccc2s1. The van der Waals surface area contributed by atoms with Crippen molar-refractivity contribution in [3.63, 3.8) is 0 Å². The smallest absolute Gasteiger partial charge is 0.227 e. The van der Waals surface area contributed by atoms with Gasteiger partial charge in [-0.1, -0.05) is 11.6 Å². The number of benzene rings is 1. The number of fused-ring (bicyclic) bond motifs is 1. The van der Waals surface area contributed by atoms with Gasteiger partial charge in [-0.3, -0.25) is 4.79 Å². The van der Waals surface area contributed by atoms with Crippen LogP contribution in [0.5, 0.6) is 0 Å². The molecule has 1 saturated heterocycles. The summed E-state index contributed by atoms with van der Waals surface area (Å²) in [7, 11) is 0. The molecule has 0 atom stereocenters. The average Bonchev–Trinajstić information content (AvgIpc) is 3.05. The fourth-order valence-corrected chi connectivity index (χ4v) is 4.59. The van der Waals surface area contributed by atoms with Crippen LogP contribution in [-0.4, -0.2) is 24.0 Å². The summed E-state index contributed by atoms with van der Waals surface area (Å²) in [6.45, 7) is 3.67. The second kappa shape index (κ2) is 7.44. The molecule has 3 aromatic rings. The van der Waals surface area contributed by atoms with Crippen molar-refractivity contribution in [1.29, 1.82) is 0 Å². The third-order valence-electron chi connectivity index (χ3n) is 4.90. The van der Waals surface area contributed by atoms with Crippen molar-refractivity contribution in [2.45, 2.75) is 19.8 Å². The maximum Gasteiger partial charge on any atom is 0.227 e. The van der Waals surface area contributed by atoms with Crippen LogP contribution in [0.1, 0.15) is 17.7 Å². The highest BCUT2D eigenvalue weighted by Crippen LogP contribution is 2.33. The first kappa shape index (κ1) is 18.2. The Bertz CT molecular complexity index is 998. The standard InChI is InChI=1S/C20H19ClFN3OS/c1-12-10-15-18(27-12)4-7-23-19(15)25-8-5-13(6-9-25)20(26)24-14-2-3-17(22)16(21)11-14/h2-4,7,10-11,13H,5-6,8-9H2,1H3,(H,24,26). The molecule has 0 spiro atoms. The van der Waals surface area contributed by atoms with Crippen LogP contribution >= 0.6 is 22.9 Å². The predicted octanol–water partition coefficient (Wildman–Crippen LogP) is 5.25. The number of nitrogens with one attached hydrogen (secondary N) is 1. The summed E-state index contributed by atoms with van der Waals surface area (Å²) in [5, 5.41) is 4.04. The molecule has 1 amide bonds. The van der Waals surface area contributed by atoms with E-state index >= 15 is 0 Å². The lowest BCUT2D eigenvalue weighted by atomic mass is 9.95. The molecule has 1 N–H and O–H groups in total. The molecular formula is C20H19ClFN3OS. The summed E-state index contributed by atoms with van der Waals surface area (Å²) in [6.07, 6.45) is 3.36. The van der Waals surface area contributed by atoms with Crippen molar-refractivity contribution in [3.05, 3.63) is 52.2 Å². The molecule has 0 bridgehead atoms. The maximum absolute atomic E-state index is 13.3. The van der Waals surface area contributed by atoms with Crippen molar-refractivity contribution in [1.82, 2.24) is 4.98 Å². The van der Waals surface area contributed by atoms with Gasteiger partial charge >= 0.3 is 0 Å². The van der Waals surface area contributed by atoms with Crippen molar-refractivity contribution in [3.8, 4) is 0 Å². The molecule has 0 radical (unpaired) electrons. The molecule has 1 aliphatic rings. The quantitative estimate of drug-likeness (QED) is 0.649. The van der Waals surface area contributed by atoms with Gasteiger partial charge in [-0.15, -0.1) is 11.3 Å². The number of halogens is 2. The minimum Gasteiger partial charge on any atom is -0.356 e. The Morgan fingerprint density at radius 1 is 1.30 bits per heavy atom. The lowest BCUT2D eigenvalue weighted by Gasteiger charge is -2.32. The molecule has 4 rings (SSSR count). The number of piperidine rings is 1. The van der Waals surface area contributed by atoms with Crippen LogP contribution in [-0.2, 0) is 4.79 Å². The van der Waals surface area contributed by atoms with Gasteiger partial charge in [-0.05, 0) is 50.1 Å². The van der Waals surface area contributed by atoms with Crippen LogP contribution in [0, 0.1) is 18.7 Å². The molecule has 0 saturated carbocycles. The molecular weight excluding hydrogens is 385 g/mol. The Balaban J connectivity index is 1.42. The van der Waals surface area contributed by atoms with Gasteiger partial charge in [0.25, 0.3) is 0 Å². The second-order valence-electron chi connectivity index (χ2n) is 6.78. The Labute approximate surface area is 166 Å². The van der Waals surface area contributed by atoms with Crippen molar-refractivity contribution < 1.29 is 9.18 Å². The number of anilines is 2. The molecule has 1 aliphatic heterocycles. The maximum atomic E-state index is 13.3. The first-order valence-electron chi connectivity index (χ1n) is 8.87. The zero-order chi connectivity index (χ0) is 19.0. The number of thiophene rings is 1. The first-order valence-corrected chi connectivity index (χ1v) is 10.1. The minimum atomic E-state index is -0.492. The number of amides is 1. The number of pyridine rings is 1. The van der Waals surface area contributed by atoms with Gasteiger partial charge in [0.1, 0.15) is 11.6 Å². The summed E-state index contributed by atoms with van der Waals surface area (Å²) in [5.41, 5.74) is 0.522. The molecule has 0 aliphatic carbocycles. The van der Waals surface area contributed by atoms with E-state index in [1.54, 1.807) is 11.3 Å². The number of carbonyl (C=O) groups is 1. The van der Waals surface area contributed by atoms with Crippen molar-refractivity contribution in [2.75, 3.05) is 23.3 Å². The van der Waals surface area contributed by atoms with E-state index in [2.05, 4.69) is 28.2 Å². The summed E-state index contributed by atoms with van der Waals surface area (Å²) in [5.74, 6) is 0.387. The van der Waals surface area contributed by atoms with Crippen molar-refractivity contribution in [2.24, 2.45) is 5.92 Å². The fourth-order valence-electron chi connectivity index (χ4n) is 3.50. The van der Waals surface area contributed by atoms with E-state index < -0.39 is 5.82 Å². The van der Waals surface area contributed by atoms with Crippen LogP contribution in [0.3, 0.4) is 0 Å². The van der Waals surface area contributed by atoms with E-state index in [-0.39, 0.29) is 16.8 Å². The van der Waals surface area contributed by atoms with Gasteiger partial charge in [0.2, 0.25) is 5.91 Å². The Morgan fingerprint density at radius 3 is 2.81 bits per heavy atom. The fraction of sp³-hybridized carbons (Fsp3) is 0.300. The lowest BCUT2D eigenvalue weighted by Crippen LogP contribution is -2.38. The topological polar surface area (TPSA) is 45.2 Å². The Kier molecular flexibility index (Phi) is 5.02. The molecule has 1 fully saturated rings. The molecule has 140 valence electrons. The van der Waals surface area contributed by atoms with Gasteiger partial charge in [-0.25, -0.2) is 9.37 Å². The van der Waals surface area contributed by atoms with Crippen molar-refractivity contribution >= 4 is 50.4 Å².